The van der Waals surface area contributed by atoms with Gasteiger partial charge in [0, 0.05) is 29.4 Å². The minimum absolute atomic E-state index is 0.450. The topological polar surface area (TPSA) is 77.0 Å². The number of pyridine rings is 1. The molecule has 1 aromatic carbocycles. The Morgan fingerprint density at radius 1 is 1.26 bits per heavy atom. The van der Waals surface area contributed by atoms with E-state index in [1.807, 2.05) is 42.8 Å². The lowest BCUT2D eigenvalue weighted by Crippen LogP contribution is -2.24. The van der Waals surface area contributed by atoms with Gasteiger partial charge in [0.25, 0.3) is 0 Å². The largest absolute Gasteiger partial charge is 0.390 e. The smallest absolute Gasteiger partial charge is 0.152 e. The first-order chi connectivity index (χ1) is 10.9. The van der Waals surface area contributed by atoms with Gasteiger partial charge in [0.1, 0.15) is 5.52 Å². The number of nitrogen functional groups attached to an aromatic ring is 1. The normalized spacial score (nSPS) is 12.3. The molecule has 3 N–H and O–H groups in total. The lowest BCUT2D eigenvalue weighted by atomic mass is 9.98. The lowest BCUT2D eigenvalue weighted by Gasteiger charge is -2.18. The Balaban J connectivity index is 2.32. The number of nitrogens with zero attached hydrogens (tertiary/aromatic N) is 3. The molecule has 3 aromatic rings. The van der Waals surface area contributed by atoms with Gasteiger partial charge in [-0.2, -0.15) is 5.10 Å². The monoisotopic (exact) mass is 312 g/mol. The number of anilines is 1. The van der Waals surface area contributed by atoms with Crippen LogP contribution in [0.4, 0.5) is 5.82 Å². The van der Waals surface area contributed by atoms with Gasteiger partial charge in [0.15, 0.2) is 5.82 Å². The predicted molar refractivity (Wildman–Crippen MR) is 94.4 cm³/mol. The van der Waals surface area contributed by atoms with Gasteiger partial charge in [-0.15, -0.1) is 0 Å². The SMILES string of the molecule is CCCCn1nc2c(N)nc3ccccc3c2c1CC(C)(C)O. The number of aryl methyl sites for hydroxylation is 1. The summed E-state index contributed by atoms with van der Waals surface area (Å²) in [6.07, 6.45) is 2.66. The highest BCUT2D eigenvalue weighted by atomic mass is 16.3. The van der Waals surface area contributed by atoms with Gasteiger partial charge in [0.05, 0.1) is 11.1 Å². The van der Waals surface area contributed by atoms with Gasteiger partial charge in [-0.3, -0.25) is 4.68 Å². The molecule has 0 saturated heterocycles. The summed E-state index contributed by atoms with van der Waals surface area (Å²) >= 11 is 0. The Morgan fingerprint density at radius 3 is 2.70 bits per heavy atom. The summed E-state index contributed by atoms with van der Waals surface area (Å²) < 4.78 is 2.00. The zero-order valence-electron chi connectivity index (χ0n) is 14.0. The van der Waals surface area contributed by atoms with Gasteiger partial charge >= 0.3 is 0 Å². The number of unbranched alkanes of at least 4 members (excludes halogenated alkanes) is 1. The molecule has 0 saturated carbocycles. The van der Waals surface area contributed by atoms with Crippen molar-refractivity contribution in [1.82, 2.24) is 14.8 Å². The molecule has 0 radical (unpaired) electrons. The van der Waals surface area contributed by atoms with E-state index >= 15 is 0 Å². The van der Waals surface area contributed by atoms with E-state index in [1.54, 1.807) is 0 Å². The number of nitrogens with two attached hydrogens (primary N) is 1. The van der Waals surface area contributed by atoms with Crippen LogP contribution in [0.2, 0.25) is 0 Å². The van der Waals surface area contributed by atoms with Crippen molar-refractivity contribution >= 4 is 27.6 Å². The van der Waals surface area contributed by atoms with Crippen LogP contribution in [-0.4, -0.2) is 25.5 Å². The van der Waals surface area contributed by atoms with Crippen LogP contribution in [0.15, 0.2) is 24.3 Å². The molecule has 5 nitrogen and oxygen atoms in total. The molecule has 0 bridgehead atoms. The van der Waals surface area contributed by atoms with Crippen LogP contribution in [0.5, 0.6) is 0 Å². The van der Waals surface area contributed by atoms with Crippen molar-refractivity contribution in [2.75, 3.05) is 5.73 Å². The summed E-state index contributed by atoms with van der Waals surface area (Å²) in [6.45, 7) is 6.63. The summed E-state index contributed by atoms with van der Waals surface area (Å²) in [5.41, 5.74) is 7.97. The third kappa shape index (κ3) is 3.01. The molecule has 122 valence electrons. The maximum absolute atomic E-state index is 10.4. The fraction of sp³-hybridized carbons (Fsp3) is 0.444. The van der Waals surface area contributed by atoms with E-state index in [0.29, 0.717) is 12.2 Å². The third-order valence-electron chi connectivity index (χ3n) is 4.04. The minimum atomic E-state index is -0.809. The molecular formula is C18H24N4O. The maximum atomic E-state index is 10.4. The lowest BCUT2D eigenvalue weighted by molar-refractivity contribution is 0.0789. The number of benzene rings is 1. The van der Waals surface area contributed by atoms with Crippen molar-refractivity contribution < 1.29 is 5.11 Å². The van der Waals surface area contributed by atoms with Crippen molar-refractivity contribution in [3.63, 3.8) is 0 Å². The Hall–Kier alpha value is -2.14. The Labute approximate surface area is 136 Å². The molecule has 0 amide bonds. The van der Waals surface area contributed by atoms with E-state index in [-0.39, 0.29) is 0 Å². The molecule has 5 heteroatoms. The number of para-hydroxylation sites is 1. The van der Waals surface area contributed by atoms with Crippen LogP contribution in [0.3, 0.4) is 0 Å². The molecule has 0 spiro atoms. The van der Waals surface area contributed by atoms with E-state index < -0.39 is 5.60 Å². The van der Waals surface area contributed by atoms with Crippen molar-refractivity contribution in [3.05, 3.63) is 30.0 Å². The number of hydrogen-bond donors (Lipinski definition) is 2. The number of aliphatic hydroxyl groups is 1. The van der Waals surface area contributed by atoms with E-state index in [0.717, 1.165) is 46.9 Å². The molecule has 3 rings (SSSR count). The van der Waals surface area contributed by atoms with Gasteiger partial charge in [0.2, 0.25) is 0 Å². The highest BCUT2D eigenvalue weighted by molar-refractivity contribution is 6.09. The molecule has 0 atom stereocenters. The first kappa shape index (κ1) is 15.7. The number of aromatic nitrogens is 3. The first-order valence-corrected chi connectivity index (χ1v) is 8.16. The molecule has 23 heavy (non-hydrogen) atoms. The first-order valence-electron chi connectivity index (χ1n) is 8.16. The third-order valence-corrected chi connectivity index (χ3v) is 4.04. The average molecular weight is 312 g/mol. The summed E-state index contributed by atoms with van der Waals surface area (Å²) in [5.74, 6) is 0.450. The molecule has 2 aromatic heterocycles. The molecular weight excluding hydrogens is 288 g/mol. The standard InChI is InChI=1S/C18H24N4O/c1-4-5-10-22-14(11-18(2,3)23)15-12-8-6-7-9-13(12)20-17(19)16(15)21-22/h6-9,23H,4-5,10-11H2,1-3H3,(H2,19,20). The Bertz CT molecular complexity index is 845. The summed E-state index contributed by atoms with van der Waals surface area (Å²) in [7, 11) is 0. The summed E-state index contributed by atoms with van der Waals surface area (Å²) in [4.78, 5) is 4.47. The van der Waals surface area contributed by atoms with Crippen LogP contribution >= 0.6 is 0 Å². The van der Waals surface area contributed by atoms with Gasteiger partial charge in [-0.05, 0) is 26.3 Å². The van der Waals surface area contributed by atoms with Gasteiger partial charge < -0.3 is 10.8 Å². The second-order valence-corrected chi connectivity index (χ2v) is 6.75. The fourth-order valence-electron chi connectivity index (χ4n) is 3.01. The number of fused-ring (bicyclic) bond motifs is 3. The van der Waals surface area contributed by atoms with Crippen molar-refractivity contribution in [3.8, 4) is 0 Å². The van der Waals surface area contributed by atoms with E-state index in [4.69, 9.17) is 10.8 Å². The van der Waals surface area contributed by atoms with Crippen molar-refractivity contribution in [2.24, 2.45) is 0 Å². The summed E-state index contributed by atoms with van der Waals surface area (Å²) in [5, 5.41) is 17.1. The van der Waals surface area contributed by atoms with E-state index in [2.05, 4.69) is 11.9 Å². The van der Waals surface area contributed by atoms with E-state index in [1.165, 1.54) is 0 Å². The molecule has 0 unspecified atom stereocenters. The number of rotatable bonds is 5. The van der Waals surface area contributed by atoms with Crippen LogP contribution in [-0.2, 0) is 13.0 Å². The Morgan fingerprint density at radius 2 is 2.00 bits per heavy atom. The maximum Gasteiger partial charge on any atom is 0.152 e. The van der Waals surface area contributed by atoms with E-state index in [9.17, 15) is 5.11 Å². The highest BCUT2D eigenvalue weighted by Gasteiger charge is 2.23. The van der Waals surface area contributed by atoms with Crippen LogP contribution in [0, 0.1) is 0 Å². The molecule has 0 aliphatic rings. The quantitative estimate of drug-likeness (QED) is 0.758. The highest BCUT2D eigenvalue weighted by Crippen LogP contribution is 2.32. The molecule has 2 heterocycles. The minimum Gasteiger partial charge on any atom is -0.390 e. The van der Waals surface area contributed by atoms with Crippen molar-refractivity contribution in [1.29, 1.82) is 0 Å². The van der Waals surface area contributed by atoms with Crippen LogP contribution in [0.1, 0.15) is 39.3 Å². The van der Waals surface area contributed by atoms with Crippen LogP contribution in [0.25, 0.3) is 21.8 Å². The zero-order chi connectivity index (χ0) is 16.6. The van der Waals surface area contributed by atoms with Gasteiger partial charge in [-0.25, -0.2) is 4.98 Å². The molecule has 0 aliphatic carbocycles. The van der Waals surface area contributed by atoms with Crippen LogP contribution < -0.4 is 5.73 Å². The Kier molecular flexibility index (Phi) is 3.98. The predicted octanol–water partition coefficient (Wildman–Crippen LogP) is 3.28. The zero-order valence-corrected chi connectivity index (χ0v) is 14.0. The second-order valence-electron chi connectivity index (χ2n) is 6.75. The fourth-order valence-corrected chi connectivity index (χ4v) is 3.01. The number of hydrogen-bond acceptors (Lipinski definition) is 4. The summed E-state index contributed by atoms with van der Waals surface area (Å²) in [6, 6.07) is 7.96. The second kappa shape index (κ2) is 5.81. The van der Waals surface area contributed by atoms with Gasteiger partial charge in [-0.1, -0.05) is 31.5 Å². The average Bonchev–Trinajstić information content (AvgIpc) is 2.83. The molecule has 0 fully saturated rings. The van der Waals surface area contributed by atoms with Crippen molar-refractivity contribution in [2.45, 2.75) is 52.2 Å². The molecule has 0 aliphatic heterocycles.